The standard InChI is InChI=1S/C24H28F6N2O3/c1-22(2,3)35-21(34)31-19(14-17-10-6-4-7-11-17)20(33)16-32(23(25,26)27,24(28,29)30)15-18-12-8-5-9-13-18/h4-13,19-20,33H,14-16H2,1-3H3/p+1/t19-,20+/m0/s1. The molecule has 35 heavy (non-hydrogen) atoms. The second kappa shape index (κ2) is 10.9. The van der Waals surface area contributed by atoms with Crippen LogP contribution in [0.4, 0.5) is 31.1 Å². The van der Waals surface area contributed by atoms with Crippen molar-refractivity contribution in [1.82, 2.24) is 5.32 Å². The molecule has 0 radical (unpaired) electrons. The first-order chi connectivity index (χ1) is 16.0. The Morgan fingerprint density at radius 1 is 0.886 bits per heavy atom. The summed E-state index contributed by atoms with van der Waals surface area (Å²) in [4.78, 5) is 12.3. The van der Waals surface area contributed by atoms with Crippen molar-refractivity contribution in [3.8, 4) is 0 Å². The van der Waals surface area contributed by atoms with Crippen molar-refractivity contribution in [2.24, 2.45) is 0 Å². The summed E-state index contributed by atoms with van der Waals surface area (Å²) in [6, 6.07) is 13.0. The molecular weight excluding hydrogens is 478 g/mol. The molecule has 11 heteroatoms. The van der Waals surface area contributed by atoms with Crippen LogP contribution in [0.3, 0.4) is 0 Å². The summed E-state index contributed by atoms with van der Waals surface area (Å²) in [6.45, 7) is 1.39. The van der Waals surface area contributed by atoms with E-state index in [2.05, 4.69) is 5.32 Å². The average molecular weight is 507 g/mol. The van der Waals surface area contributed by atoms with Crippen molar-refractivity contribution in [3.63, 3.8) is 0 Å². The van der Waals surface area contributed by atoms with E-state index in [-0.39, 0.29) is 12.0 Å². The Kier molecular flexibility index (Phi) is 8.83. The van der Waals surface area contributed by atoms with Crippen molar-refractivity contribution >= 4 is 6.09 Å². The normalized spacial score (nSPS) is 14.8. The lowest BCUT2D eigenvalue weighted by molar-refractivity contribution is -1.12. The summed E-state index contributed by atoms with van der Waals surface area (Å²) >= 11 is 0. The maximum atomic E-state index is 14.1. The summed E-state index contributed by atoms with van der Waals surface area (Å²) in [5.74, 6) is 0. The Morgan fingerprint density at radius 2 is 1.34 bits per heavy atom. The minimum Gasteiger partial charge on any atom is -0.444 e. The van der Waals surface area contributed by atoms with Gasteiger partial charge in [-0.25, -0.2) is 4.79 Å². The van der Waals surface area contributed by atoms with Gasteiger partial charge < -0.3 is 15.2 Å². The maximum Gasteiger partial charge on any atom is 0.568 e. The second-order valence-electron chi connectivity index (χ2n) is 9.24. The lowest BCUT2D eigenvalue weighted by atomic mass is 10.00. The zero-order valence-corrected chi connectivity index (χ0v) is 19.5. The fraction of sp³-hybridized carbons (Fsp3) is 0.458. The summed E-state index contributed by atoms with van der Waals surface area (Å²) < 4.78 is 86.5. The molecule has 0 aromatic heterocycles. The molecule has 0 fully saturated rings. The van der Waals surface area contributed by atoms with Crippen molar-refractivity contribution in [2.45, 2.75) is 64.1 Å². The van der Waals surface area contributed by atoms with E-state index in [1.165, 1.54) is 18.2 Å². The van der Waals surface area contributed by atoms with Crippen LogP contribution in [0, 0.1) is 0 Å². The molecule has 194 valence electrons. The number of hydrogen-bond acceptors (Lipinski definition) is 3. The van der Waals surface area contributed by atoms with E-state index in [1.54, 1.807) is 51.1 Å². The molecule has 0 spiro atoms. The molecule has 0 aliphatic carbocycles. The van der Waals surface area contributed by atoms with E-state index < -0.39 is 54.0 Å². The molecule has 2 atom stereocenters. The predicted molar refractivity (Wildman–Crippen MR) is 117 cm³/mol. The number of quaternary nitrogens is 1. The maximum absolute atomic E-state index is 14.1. The fourth-order valence-electron chi connectivity index (χ4n) is 3.55. The Bertz CT molecular complexity index is 930. The number of carbonyl (C=O) groups excluding carboxylic acids is 1. The van der Waals surface area contributed by atoms with Crippen LogP contribution < -0.4 is 5.32 Å². The van der Waals surface area contributed by atoms with Crippen LogP contribution in [-0.4, -0.2) is 52.6 Å². The largest absolute Gasteiger partial charge is 0.568 e. The molecular formula is C24H29F6N2O3+. The topological polar surface area (TPSA) is 58.6 Å². The highest BCUT2D eigenvalue weighted by molar-refractivity contribution is 5.68. The van der Waals surface area contributed by atoms with Crippen LogP contribution in [0.1, 0.15) is 31.9 Å². The van der Waals surface area contributed by atoms with Crippen LogP contribution in [-0.2, 0) is 17.7 Å². The zero-order chi connectivity index (χ0) is 26.5. The third kappa shape index (κ3) is 7.86. The number of aliphatic hydroxyl groups is 1. The van der Waals surface area contributed by atoms with Gasteiger partial charge in [-0.1, -0.05) is 60.7 Å². The summed E-state index contributed by atoms with van der Waals surface area (Å²) in [6.07, 6.45) is -15.1. The van der Waals surface area contributed by atoms with E-state index in [0.717, 1.165) is 12.1 Å². The molecule has 5 nitrogen and oxygen atoms in total. The van der Waals surface area contributed by atoms with E-state index in [9.17, 15) is 36.2 Å². The minimum atomic E-state index is -5.79. The van der Waals surface area contributed by atoms with Gasteiger partial charge in [0.1, 0.15) is 24.8 Å². The van der Waals surface area contributed by atoms with Gasteiger partial charge in [0.05, 0.1) is 6.04 Å². The van der Waals surface area contributed by atoms with Gasteiger partial charge in [-0.2, -0.15) is 0 Å². The molecule has 0 saturated carbocycles. The lowest BCUT2D eigenvalue weighted by Crippen LogP contribution is -2.69. The van der Waals surface area contributed by atoms with Crippen molar-refractivity contribution in [2.75, 3.05) is 6.54 Å². The quantitative estimate of drug-likeness (QED) is 0.280. The first-order valence-electron chi connectivity index (χ1n) is 10.8. The smallest absolute Gasteiger partial charge is 0.444 e. The molecule has 0 aliphatic heterocycles. The average Bonchev–Trinajstić information content (AvgIpc) is 2.71. The van der Waals surface area contributed by atoms with Crippen LogP contribution in [0.25, 0.3) is 0 Å². The highest BCUT2D eigenvalue weighted by Gasteiger charge is 2.71. The van der Waals surface area contributed by atoms with Crippen LogP contribution in [0.15, 0.2) is 60.7 Å². The zero-order valence-electron chi connectivity index (χ0n) is 19.5. The number of ether oxygens (including phenoxy) is 1. The third-order valence-corrected chi connectivity index (χ3v) is 5.23. The van der Waals surface area contributed by atoms with Gasteiger partial charge in [0.15, 0.2) is 0 Å². The van der Waals surface area contributed by atoms with E-state index in [4.69, 9.17) is 4.74 Å². The fourth-order valence-corrected chi connectivity index (χ4v) is 3.55. The number of halogens is 6. The lowest BCUT2D eigenvalue weighted by Gasteiger charge is -2.41. The van der Waals surface area contributed by atoms with Crippen molar-refractivity contribution in [3.05, 3.63) is 71.8 Å². The number of nitrogens with zero attached hydrogens (tertiary/aromatic N) is 1. The van der Waals surface area contributed by atoms with E-state index in [0.29, 0.717) is 5.56 Å². The first kappa shape index (κ1) is 28.4. The van der Waals surface area contributed by atoms with Crippen molar-refractivity contribution in [1.29, 1.82) is 0 Å². The van der Waals surface area contributed by atoms with Crippen LogP contribution >= 0.6 is 0 Å². The second-order valence-corrected chi connectivity index (χ2v) is 9.24. The molecule has 2 rings (SSSR count). The number of nitrogens with one attached hydrogen (secondary N) is 1. The van der Waals surface area contributed by atoms with Gasteiger partial charge in [-0.05, 0) is 32.8 Å². The Labute approximate surface area is 199 Å². The minimum absolute atomic E-state index is 0.214. The molecule has 0 bridgehead atoms. The van der Waals surface area contributed by atoms with E-state index >= 15 is 0 Å². The van der Waals surface area contributed by atoms with E-state index in [1.807, 2.05) is 0 Å². The van der Waals surface area contributed by atoms with Crippen LogP contribution in [0.5, 0.6) is 0 Å². The molecule has 2 aromatic rings. The van der Waals surface area contributed by atoms with Crippen LogP contribution in [0.2, 0.25) is 0 Å². The molecule has 0 saturated heterocycles. The number of rotatable bonds is 8. The van der Waals surface area contributed by atoms with Crippen molar-refractivity contribution < 1.29 is 45.5 Å². The molecule has 2 N–H and O–H groups in total. The number of amides is 1. The summed E-state index contributed by atoms with van der Waals surface area (Å²) in [7, 11) is 0. The monoisotopic (exact) mass is 507 g/mol. The molecule has 0 aliphatic rings. The highest BCUT2D eigenvalue weighted by Crippen LogP contribution is 2.44. The third-order valence-electron chi connectivity index (χ3n) is 5.23. The van der Waals surface area contributed by atoms with Gasteiger partial charge in [-0.15, -0.1) is 30.8 Å². The summed E-state index contributed by atoms with van der Waals surface area (Å²) in [5, 5.41) is 13.0. The molecule has 2 aromatic carbocycles. The Balaban J connectivity index is 2.44. The molecule has 0 unspecified atom stereocenters. The SMILES string of the molecule is CC(C)(C)OC(=O)N[C@@H](Cc1ccccc1)[C@H](O)C[N+](Cc1ccccc1)(C(F)(F)F)C(F)(F)F. The summed E-state index contributed by atoms with van der Waals surface area (Å²) in [5.41, 5.74) is -0.695. The Morgan fingerprint density at radius 3 is 1.77 bits per heavy atom. The van der Waals surface area contributed by atoms with Gasteiger partial charge >= 0.3 is 18.7 Å². The molecule has 0 heterocycles. The Hall–Kier alpha value is -2.79. The predicted octanol–water partition coefficient (Wildman–Crippen LogP) is 5.54. The molecule has 1 amide bonds. The van der Waals surface area contributed by atoms with Gasteiger partial charge in [-0.3, -0.25) is 0 Å². The highest BCUT2D eigenvalue weighted by atomic mass is 19.4. The number of carbonyl (C=O) groups is 1. The number of aliphatic hydroxyl groups excluding tert-OH is 1. The first-order valence-corrected chi connectivity index (χ1v) is 10.8. The van der Waals surface area contributed by atoms with Gasteiger partial charge in [0, 0.05) is 5.56 Å². The van der Waals surface area contributed by atoms with Gasteiger partial charge in [0.25, 0.3) is 0 Å². The van der Waals surface area contributed by atoms with Gasteiger partial charge in [0.2, 0.25) is 0 Å². The number of alkyl carbamates (subject to hydrolysis) is 1. The number of hydrogen-bond donors (Lipinski definition) is 2. The number of alkyl halides is 6. The number of benzene rings is 2.